The van der Waals surface area contributed by atoms with Crippen molar-refractivity contribution in [1.29, 1.82) is 0 Å². The molecule has 1 amide bonds. The lowest BCUT2D eigenvalue weighted by molar-refractivity contribution is 0.0641. The Hall–Kier alpha value is -3.75. The molecule has 0 aliphatic carbocycles. The van der Waals surface area contributed by atoms with E-state index in [1.54, 1.807) is 24.7 Å². The molecule has 0 bridgehead atoms. The zero-order chi connectivity index (χ0) is 27.6. The molecule has 4 aromatic rings. The van der Waals surface area contributed by atoms with Crippen molar-refractivity contribution in [3.8, 4) is 16.9 Å². The molecule has 0 spiro atoms. The highest BCUT2D eigenvalue weighted by molar-refractivity contribution is 6.31. The van der Waals surface area contributed by atoms with Gasteiger partial charge in [-0.3, -0.25) is 4.79 Å². The van der Waals surface area contributed by atoms with Gasteiger partial charge in [0.25, 0.3) is 5.91 Å². The van der Waals surface area contributed by atoms with Gasteiger partial charge in [0, 0.05) is 17.6 Å². The molecule has 2 aromatic carbocycles. The van der Waals surface area contributed by atoms with Gasteiger partial charge < -0.3 is 15.2 Å². The van der Waals surface area contributed by atoms with E-state index in [1.807, 2.05) is 61.5 Å². The van der Waals surface area contributed by atoms with E-state index in [1.165, 1.54) is 0 Å². The fraction of sp³-hybridized carbons (Fsp3) is 0.333. The Morgan fingerprint density at radius 1 is 1.21 bits per heavy atom. The molecule has 5 rings (SSSR count). The maximum atomic E-state index is 13.1. The summed E-state index contributed by atoms with van der Waals surface area (Å²) < 4.78 is 7.73. The van der Waals surface area contributed by atoms with Gasteiger partial charge in [0.2, 0.25) is 5.82 Å². The fourth-order valence-electron chi connectivity index (χ4n) is 4.83. The highest BCUT2D eigenvalue weighted by Crippen LogP contribution is 2.34. The van der Waals surface area contributed by atoms with Crippen LogP contribution in [0.1, 0.15) is 66.7 Å². The first kappa shape index (κ1) is 26.8. The van der Waals surface area contributed by atoms with Crippen LogP contribution < -0.4 is 10.1 Å². The van der Waals surface area contributed by atoms with Crippen LogP contribution in [0.4, 0.5) is 5.82 Å². The average Bonchev–Trinajstić information content (AvgIpc) is 3.49. The van der Waals surface area contributed by atoms with Gasteiger partial charge in [0.05, 0.1) is 18.2 Å². The van der Waals surface area contributed by atoms with E-state index in [-0.39, 0.29) is 11.9 Å². The smallest absolute Gasteiger partial charge is 0.296 e. The Morgan fingerprint density at radius 2 is 2.03 bits per heavy atom. The van der Waals surface area contributed by atoms with Crippen LogP contribution in [0.15, 0.2) is 60.8 Å². The molecule has 0 saturated carbocycles. The number of anilines is 1. The van der Waals surface area contributed by atoms with Crippen LogP contribution in [0.3, 0.4) is 0 Å². The van der Waals surface area contributed by atoms with Crippen molar-refractivity contribution in [2.75, 3.05) is 11.9 Å². The highest BCUT2D eigenvalue weighted by Gasteiger charge is 2.30. The van der Waals surface area contributed by atoms with Crippen molar-refractivity contribution in [2.24, 2.45) is 0 Å². The van der Waals surface area contributed by atoms with Gasteiger partial charge in [-0.1, -0.05) is 35.9 Å². The topological polar surface area (TPSA) is 102 Å². The van der Waals surface area contributed by atoms with Crippen molar-refractivity contribution in [3.05, 3.63) is 88.6 Å². The Kier molecular flexibility index (Phi) is 7.68. The van der Waals surface area contributed by atoms with E-state index in [4.69, 9.17) is 16.3 Å². The number of fused-ring (bicyclic) bond motifs is 1. The number of hydrogen-bond acceptors (Lipinski definition) is 6. The first-order valence-electron chi connectivity index (χ1n) is 13.1. The summed E-state index contributed by atoms with van der Waals surface area (Å²) in [5.41, 5.74) is 3.22. The molecule has 2 aromatic heterocycles. The largest absolute Gasteiger partial charge is 0.494 e. The second-order valence-corrected chi connectivity index (χ2v) is 10.9. The van der Waals surface area contributed by atoms with Gasteiger partial charge in [0.15, 0.2) is 0 Å². The third-order valence-electron chi connectivity index (χ3n) is 6.83. The van der Waals surface area contributed by atoms with Gasteiger partial charge >= 0.3 is 0 Å². The minimum atomic E-state index is -0.705. The quantitative estimate of drug-likeness (QED) is 0.249. The Balaban J connectivity index is 1.29. The van der Waals surface area contributed by atoms with Crippen LogP contribution in [0.2, 0.25) is 5.02 Å². The zero-order valence-electron chi connectivity index (χ0n) is 22.3. The van der Waals surface area contributed by atoms with Crippen LogP contribution in [-0.2, 0) is 6.42 Å². The van der Waals surface area contributed by atoms with Gasteiger partial charge in [0.1, 0.15) is 17.4 Å². The number of benzene rings is 2. The minimum absolute atomic E-state index is 0.0446. The van der Waals surface area contributed by atoms with Crippen molar-refractivity contribution in [3.63, 3.8) is 0 Å². The Bertz CT molecular complexity index is 1490. The maximum Gasteiger partial charge on any atom is 0.296 e. The van der Waals surface area contributed by atoms with Gasteiger partial charge in [-0.25, -0.2) is 14.6 Å². The Labute approximate surface area is 233 Å². The number of aliphatic hydroxyl groups is 1. The molecule has 0 fully saturated rings. The summed E-state index contributed by atoms with van der Waals surface area (Å²) in [6.45, 7) is 6.13. The summed E-state index contributed by atoms with van der Waals surface area (Å²) in [6.07, 6.45) is 4.64. The molecule has 0 radical (unpaired) electrons. The number of nitrogens with one attached hydrogen (secondary N) is 1. The van der Waals surface area contributed by atoms with Crippen LogP contribution >= 0.6 is 11.6 Å². The number of aromatic nitrogens is 4. The SMILES string of the molecule is Cc1ccc(OCCCC(C)(C)O)cc1-c1ccnc(NC(=O)c2nc3n(n2)C(c2ccccc2Cl)CC3)c1. The number of carbonyl (C=O) groups is 1. The molecule has 1 atom stereocenters. The van der Waals surface area contributed by atoms with E-state index in [9.17, 15) is 9.90 Å². The van der Waals surface area contributed by atoms with Gasteiger partial charge in [-0.2, -0.15) is 0 Å². The standard InChI is InChI=1S/C30H32ClN5O3/c1-19-9-10-21(39-16-6-14-30(2,3)38)18-23(19)20-13-15-32-26(17-20)33-29(37)28-34-27-12-11-25(36(27)35-28)22-7-4-5-8-24(22)31/h4-5,7-10,13,15,17-18,25,38H,6,11-12,14,16H2,1-3H3,(H,32,33,37). The number of nitrogens with zero attached hydrogens (tertiary/aromatic N) is 4. The number of carbonyl (C=O) groups excluding carboxylic acids is 1. The average molecular weight is 546 g/mol. The van der Waals surface area contributed by atoms with Crippen LogP contribution in [0.25, 0.3) is 11.1 Å². The van der Waals surface area contributed by atoms with Crippen LogP contribution in [-0.4, -0.2) is 43.0 Å². The van der Waals surface area contributed by atoms with Crippen LogP contribution in [0, 0.1) is 6.92 Å². The number of hydrogen-bond donors (Lipinski definition) is 2. The number of aryl methyl sites for hydroxylation is 2. The second-order valence-electron chi connectivity index (χ2n) is 10.5. The molecule has 202 valence electrons. The van der Waals surface area contributed by atoms with Crippen molar-refractivity contribution in [2.45, 2.75) is 58.1 Å². The monoisotopic (exact) mass is 545 g/mol. The summed E-state index contributed by atoms with van der Waals surface area (Å²) in [5, 5.41) is 17.9. The predicted octanol–water partition coefficient (Wildman–Crippen LogP) is 6.02. The number of rotatable bonds is 9. The van der Waals surface area contributed by atoms with Crippen molar-refractivity contribution < 1.29 is 14.6 Å². The van der Waals surface area contributed by atoms with Gasteiger partial charge in [-0.05, 0) is 92.6 Å². The molecule has 2 N–H and O–H groups in total. The van der Waals surface area contributed by atoms with Crippen LogP contribution in [0.5, 0.6) is 5.75 Å². The lowest BCUT2D eigenvalue weighted by Crippen LogP contribution is -2.19. The number of pyridine rings is 1. The molecule has 3 heterocycles. The molecule has 39 heavy (non-hydrogen) atoms. The summed E-state index contributed by atoms with van der Waals surface area (Å²) in [4.78, 5) is 21.9. The van der Waals surface area contributed by atoms with Crippen molar-refractivity contribution >= 4 is 23.3 Å². The molecular weight excluding hydrogens is 514 g/mol. The summed E-state index contributed by atoms with van der Waals surface area (Å²) in [6, 6.07) is 17.3. The molecular formula is C30H32ClN5O3. The number of ether oxygens (including phenoxy) is 1. The lowest BCUT2D eigenvalue weighted by atomic mass is 10.0. The van der Waals surface area contributed by atoms with Gasteiger partial charge in [-0.15, -0.1) is 5.10 Å². The third-order valence-corrected chi connectivity index (χ3v) is 7.17. The molecule has 0 saturated heterocycles. The van der Waals surface area contributed by atoms with E-state index in [2.05, 4.69) is 20.4 Å². The Morgan fingerprint density at radius 3 is 2.82 bits per heavy atom. The number of halogens is 1. The maximum absolute atomic E-state index is 13.1. The first-order chi connectivity index (χ1) is 18.7. The van der Waals surface area contributed by atoms with Crippen molar-refractivity contribution in [1.82, 2.24) is 19.7 Å². The number of amides is 1. The van der Waals surface area contributed by atoms with E-state index >= 15 is 0 Å². The third kappa shape index (κ3) is 6.29. The predicted molar refractivity (Wildman–Crippen MR) is 151 cm³/mol. The first-order valence-corrected chi connectivity index (χ1v) is 13.5. The summed E-state index contributed by atoms with van der Waals surface area (Å²) in [7, 11) is 0. The molecule has 8 nitrogen and oxygen atoms in total. The summed E-state index contributed by atoms with van der Waals surface area (Å²) in [5.74, 6) is 1.61. The van der Waals surface area contributed by atoms with E-state index in [0.29, 0.717) is 23.9 Å². The molecule has 1 aliphatic rings. The van der Waals surface area contributed by atoms with E-state index in [0.717, 1.165) is 53.1 Å². The molecule has 9 heteroatoms. The molecule has 1 aliphatic heterocycles. The summed E-state index contributed by atoms with van der Waals surface area (Å²) >= 11 is 6.42. The fourth-order valence-corrected chi connectivity index (χ4v) is 5.09. The lowest BCUT2D eigenvalue weighted by Gasteiger charge is -2.17. The zero-order valence-corrected chi connectivity index (χ0v) is 23.1. The highest BCUT2D eigenvalue weighted by atomic mass is 35.5. The second kappa shape index (κ2) is 11.2. The minimum Gasteiger partial charge on any atom is -0.494 e. The molecule has 1 unspecified atom stereocenters. The van der Waals surface area contributed by atoms with E-state index < -0.39 is 11.5 Å². The normalized spacial score (nSPS) is 14.7.